The molecule has 3 aliphatic rings. The molecule has 1 amide bonds. The Bertz CT molecular complexity index is 756. The first-order valence-corrected chi connectivity index (χ1v) is 8.23. The number of hydrogen-bond donors (Lipinski definition) is 0. The number of esters is 1. The van der Waals surface area contributed by atoms with Crippen molar-refractivity contribution in [2.45, 2.75) is 18.8 Å². The highest BCUT2D eigenvalue weighted by atomic mass is 16.6. The highest BCUT2D eigenvalue weighted by molar-refractivity contribution is 5.85. The van der Waals surface area contributed by atoms with Crippen LogP contribution in [0.5, 0.6) is 0 Å². The second kappa shape index (κ2) is 6.04. The van der Waals surface area contributed by atoms with Gasteiger partial charge < -0.3 is 19.1 Å². The molecule has 1 aromatic rings. The Hall–Kier alpha value is -2.60. The molecule has 0 radical (unpaired) electrons. The van der Waals surface area contributed by atoms with Gasteiger partial charge in [0.1, 0.15) is 12.0 Å². The van der Waals surface area contributed by atoms with Gasteiger partial charge in [0.15, 0.2) is 0 Å². The van der Waals surface area contributed by atoms with E-state index < -0.39 is 17.6 Å². The van der Waals surface area contributed by atoms with Crippen LogP contribution >= 0.6 is 0 Å². The van der Waals surface area contributed by atoms with Gasteiger partial charge in [-0.1, -0.05) is 48.6 Å². The van der Waals surface area contributed by atoms with Crippen molar-refractivity contribution in [3.63, 3.8) is 0 Å². The monoisotopic (exact) mass is 341 g/mol. The lowest BCUT2D eigenvalue weighted by Gasteiger charge is -2.39. The van der Waals surface area contributed by atoms with Crippen molar-refractivity contribution in [2.24, 2.45) is 5.41 Å². The summed E-state index contributed by atoms with van der Waals surface area (Å²) in [5.41, 5.74) is 0.843. The smallest absolute Gasteiger partial charge is 0.410 e. The SMILES string of the molecule is COC(=O)[C@@]12CN(C(=O)OCc3ccccc3)CC=C1[C@@H]1C=C[C@H]2O1. The lowest BCUT2D eigenvalue weighted by atomic mass is 9.70. The molecule has 1 aromatic carbocycles. The molecule has 0 aliphatic carbocycles. The van der Waals surface area contributed by atoms with Crippen LogP contribution in [0.15, 0.2) is 54.1 Å². The largest absolute Gasteiger partial charge is 0.468 e. The molecule has 130 valence electrons. The van der Waals surface area contributed by atoms with Crippen molar-refractivity contribution < 1.29 is 23.8 Å². The number of hydrogen-bond acceptors (Lipinski definition) is 5. The fraction of sp³-hybridized carbons (Fsp3) is 0.368. The van der Waals surface area contributed by atoms with E-state index in [9.17, 15) is 9.59 Å². The minimum Gasteiger partial charge on any atom is -0.468 e. The molecule has 1 fully saturated rings. The Morgan fingerprint density at radius 2 is 2.08 bits per heavy atom. The summed E-state index contributed by atoms with van der Waals surface area (Å²) in [7, 11) is 1.36. The van der Waals surface area contributed by atoms with Crippen molar-refractivity contribution in [1.29, 1.82) is 0 Å². The topological polar surface area (TPSA) is 65.1 Å². The standard InChI is InChI=1S/C19H19NO5/c1-23-17(21)19-12-20(10-9-14(19)15-7-8-16(19)25-15)18(22)24-11-13-5-3-2-4-6-13/h2-9,15-16H,10-12H2,1H3/t15-,16+,19-/m0/s1. The average molecular weight is 341 g/mol. The molecule has 0 spiro atoms. The van der Waals surface area contributed by atoms with Gasteiger partial charge in [-0.05, 0) is 11.1 Å². The lowest BCUT2D eigenvalue weighted by molar-refractivity contribution is -0.154. The van der Waals surface area contributed by atoms with Crippen LogP contribution in [0.3, 0.4) is 0 Å². The molecule has 6 nitrogen and oxygen atoms in total. The number of methoxy groups -OCH3 is 1. The Labute approximate surface area is 145 Å². The summed E-state index contributed by atoms with van der Waals surface area (Å²) in [6.45, 7) is 0.785. The van der Waals surface area contributed by atoms with Gasteiger partial charge in [0, 0.05) is 13.1 Å². The third-order valence-electron chi connectivity index (χ3n) is 5.05. The zero-order valence-corrected chi connectivity index (χ0v) is 13.9. The first-order chi connectivity index (χ1) is 12.1. The van der Waals surface area contributed by atoms with Crippen molar-refractivity contribution >= 4 is 12.1 Å². The maximum atomic E-state index is 12.6. The predicted octanol–water partition coefficient (Wildman–Crippen LogP) is 2.06. The fourth-order valence-corrected chi connectivity index (χ4v) is 3.81. The van der Waals surface area contributed by atoms with Gasteiger partial charge in [0.2, 0.25) is 0 Å². The van der Waals surface area contributed by atoms with Gasteiger partial charge >= 0.3 is 12.1 Å². The number of ether oxygens (including phenoxy) is 3. The van der Waals surface area contributed by atoms with Crippen molar-refractivity contribution in [3.8, 4) is 0 Å². The lowest BCUT2D eigenvalue weighted by Crippen LogP contribution is -2.54. The summed E-state index contributed by atoms with van der Waals surface area (Å²) in [4.78, 5) is 26.6. The Balaban J connectivity index is 1.51. The summed E-state index contributed by atoms with van der Waals surface area (Å²) in [6.07, 6.45) is 4.65. The third kappa shape index (κ3) is 2.44. The minimum atomic E-state index is -0.960. The van der Waals surface area contributed by atoms with Crippen LogP contribution in [0, 0.1) is 5.41 Å². The minimum absolute atomic E-state index is 0.195. The molecule has 3 heterocycles. The summed E-state index contributed by atoms with van der Waals surface area (Å²) >= 11 is 0. The van der Waals surface area contributed by atoms with E-state index in [2.05, 4.69) is 0 Å². The van der Waals surface area contributed by atoms with E-state index in [0.717, 1.165) is 11.1 Å². The molecule has 0 saturated carbocycles. The van der Waals surface area contributed by atoms with E-state index in [1.54, 1.807) is 0 Å². The zero-order valence-electron chi connectivity index (χ0n) is 13.9. The average Bonchev–Trinajstić information content (AvgIpc) is 3.27. The molecule has 0 N–H and O–H groups in total. The van der Waals surface area contributed by atoms with Crippen LogP contribution in [0.2, 0.25) is 0 Å². The number of amides is 1. The van der Waals surface area contributed by atoms with Crippen molar-refractivity contribution in [2.75, 3.05) is 20.2 Å². The van der Waals surface area contributed by atoms with Crippen LogP contribution < -0.4 is 0 Å². The van der Waals surface area contributed by atoms with Crippen LogP contribution in [0.25, 0.3) is 0 Å². The summed E-state index contributed by atoms with van der Waals surface area (Å²) in [6, 6.07) is 9.48. The Kier molecular flexibility index (Phi) is 3.84. The first-order valence-electron chi connectivity index (χ1n) is 8.23. The van der Waals surface area contributed by atoms with Crippen molar-refractivity contribution in [3.05, 3.63) is 59.7 Å². The van der Waals surface area contributed by atoms with Crippen LogP contribution in [-0.4, -0.2) is 49.4 Å². The van der Waals surface area contributed by atoms with Gasteiger partial charge in [-0.15, -0.1) is 0 Å². The molecule has 2 bridgehead atoms. The normalized spacial score (nSPS) is 29.2. The van der Waals surface area contributed by atoms with Gasteiger partial charge in [-0.3, -0.25) is 4.79 Å². The predicted molar refractivity (Wildman–Crippen MR) is 88.5 cm³/mol. The molecule has 3 atom stereocenters. The molecule has 0 aromatic heterocycles. The van der Waals surface area contributed by atoms with E-state index >= 15 is 0 Å². The third-order valence-corrected chi connectivity index (χ3v) is 5.05. The second-order valence-corrected chi connectivity index (χ2v) is 6.41. The number of carbonyl (C=O) groups is 2. The van der Waals surface area contributed by atoms with Gasteiger partial charge in [0.25, 0.3) is 0 Å². The maximum absolute atomic E-state index is 12.6. The molecule has 4 rings (SSSR count). The number of carbonyl (C=O) groups excluding carboxylic acids is 2. The summed E-state index contributed by atoms with van der Waals surface area (Å²) < 4.78 is 16.3. The summed E-state index contributed by atoms with van der Waals surface area (Å²) in [5.74, 6) is -0.379. The van der Waals surface area contributed by atoms with Gasteiger partial charge in [-0.2, -0.15) is 0 Å². The van der Waals surface area contributed by atoms with Crippen LogP contribution in [0.4, 0.5) is 4.79 Å². The van der Waals surface area contributed by atoms with E-state index in [-0.39, 0.29) is 25.2 Å². The van der Waals surface area contributed by atoms with E-state index in [1.165, 1.54) is 12.0 Å². The Morgan fingerprint density at radius 3 is 2.84 bits per heavy atom. The second-order valence-electron chi connectivity index (χ2n) is 6.41. The fourth-order valence-electron chi connectivity index (χ4n) is 3.81. The number of rotatable bonds is 3. The maximum Gasteiger partial charge on any atom is 0.410 e. The Morgan fingerprint density at radius 1 is 1.28 bits per heavy atom. The quantitative estimate of drug-likeness (QED) is 0.622. The molecule has 1 saturated heterocycles. The highest BCUT2D eigenvalue weighted by Gasteiger charge is 2.61. The van der Waals surface area contributed by atoms with Crippen LogP contribution in [-0.2, 0) is 25.6 Å². The number of fused-ring (bicyclic) bond motifs is 5. The van der Waals surface area contributed by atoms with Crippen molar-refractivity contribution in [1.82, 2.24) is 4.90 Å². The summed E-state index contributed by atoms with van der Waals surface area (Å²) in [5, 5.41) is 0. The van der Waals surface area contributed by atoms with E-state index in [0.29, 0.717) is 6.54 Å². The molecule has 6 heteroatoms. The van der Waals surface area contributed by atoms with E-state index in [4.69, 9.17) is 14.2 Å². The molecule has 25 heavy (non-hydrogen) atoms. The highest BCUT2D eigenvalue weighted by Crippen LogP contribution is 2.51. The van der Waals surface area contributed by atoms with Gasteiger partial charge in [0.05, 0.1) is 19.3 Å². The first kappa shape index (κ1) is 15.9. The van der Waals surface area contributed by atoms with Gasteiger partial charge in [-0.25, -0.2) is 4.79 Å². The van der Waals surface area contributed by atoms with E-state index in [1.807, 2.05) is 48.6 Å². The number of nitrogens with zero attached hydrogens (tertiary/aromatic N) is 1. The zero-order chi connectivity index (χ0) is 17.4. The molecular weight excluding hydrogens is 322 g/mol. The number of benzene rings is 1. The molecular formula is C19H19NO5. The van der Waals surface area contributed by atoms with Crippen LogP contribution in [0.1, 0.15) is 5.56 Å². The molecule has 3 aliphatic heterocycles. The molecule has 0 unspecified atom stereocenters.